The molecule has 0 spiro atoms. The van der Waals surface area contributed by atoms with Gasteiger partial charge in [-0.15, -0.1) is 11.3 Å². The lowest BCUT2D eigenvalue weighted by Gasteiger charge is -2.32. The van der Waals surface area contributed by atoms with Crippen molar-refractivity contribution in [1.82, 2.24) is 30.2 Å². The normalized spacial score (nSPS) is 17.9. The highest BCUT2D eigenvalue weighted by Crippen LogP contribution is 2.37. The summed E-state index contributed by atoms with van der Waals surface area (Å²) in [4.78, 5) is 39.8. The Morgan fingerprint density at radius 1 is 1.14 bits per heavy atom. The molecule has 0 bridgehead atoms. The first-order valence-corrected chi connectivity index (χ1v) is 13.1. The molecule has 4 aromatic heterocycles. The molecule has 8 nitrogen and oxygen atoms in total. The smallest absolute Gasteiger partial charge is 0.269 e. The van der Waals surface area contributed by atoms with Gasteiger partial charge in [-0.3, -0.25) is 14.6 Å². The van der Waals surface area contributed by atoms with E-state index < -0.39 is 0 Å². The van der Waals surface area contributed by atoms with Gasteiger partial charge < -0.3 is 15.2 Å². The SMILES string of the molecule is CNC(=O)c1cc2nc(-c3ccccn3)n([C@@H]3CCC[C@H](NC(=O)c4ccc(Br)s4)C3)c2c(C)n1. The van der Waals surface area contributed by atoms with Gasteiger partial charge in [-0.05, 0) is 78.9 Å². The summed E-state index contributed by atoms with van der Waals surface area (Å²) in [5, 5.41) is 5.86. The molecule has 1 aliphatic carbocycles. The highest BCUT2D eigenvalue weighted by Gasteiger charge is 2.30. The Bertz CT molecular complexity index is 1400. The van der Waals surface area contributed by atoms with Gasteiger partial charge in [0.05, 0.1) is 25.4 Å². The fourth-order valence-corrected chi connectivity index (χ4v) is 6.09. The maximum absolute atomic E-state index is 12.8. The molecule has 10 heteroatoms. The van der Waals surface area contributed by atoms with Gasteiger partial charge in [-0.2, -0.15) is 0 Å². The average Bonchev–Trinajstić information content (AvgIpc) is 3.48. The predicted molar refractivity (Wildman–Crippen MR) is 140 cm³/mol. The van der Waals surface area contributed by atoms with Crippen molar-refractivity contribution in [3.63, 3.8) is 0 Å². The number of hydrogen-bond donors (Lipinski definition) is 2. The second-order valence-electron chi connectivity index (χ2n) is 8.65. The topological polar surface area (TPSA) is 102 Å². The van der Waals surface area contributed by atoms with Crippen molar-refractivity contribution in [2.75, 3.05) is 7.05 Å². The van der Waals surface area contributed by atoms with E-state index in [0.717, 1.165) is 52.2 Å². The first-order chi connectivity index (χ1) is 16.9. The summed E-state index contributed by atoms with van der Waals surface area (Å²) in [6, 6.07) is 11.4. The molecule has 1 aliphatic rings. The largest absolute Gasteiger partial charge is 0.354 e. The number of imidazole rings is 1. The summed E-state index contributed by atoms with van der Waals surface area (Å²) in [5.41, 5.74) is 3.46. The van der Waals surface area contributed by atoms with Crippen LogP contribution in [0.15, 0.2) is 46.4 Å². The van der Waals surface area contributed by atoms with Crippen LogP contribution < -0.4 is 10.6 Å². The van der Waals surface area contributed by atoms with Gasteiger partial charge in [-0.1, -0.05) is 6.07 Å². The van der Waals surface area contributed by atoms with Gasteiger partial charge in [0.15, 0.2) is 5.82 Å². The van der Waals surface area contributed by atoms with Crippen molar-refractivity contribution >= 4 is 50.1 Å². The molecular weight excluding hydrogens is 528 g/mol. The molecular formula is C25H25BrN6O2S. The lowest BCUT2D eigenvalue weighted by molar-refractivity contribution is 0.0923. The Morgan fingerprint density at radius 3 is 2.71 bits per heavy atom. The lowest BCUT2D eigenvalue weighted by Crippen LogP contribution is -2.38. The van der Waals surface area contributed by atoms with E-state index in [0.29, 0.717) is 16.1 Å². The zero-order valence-corrected chi connectivity index (χ0v) is 21.8. The van der Waals surface area contributed by atoms with E-state index in [1.807, 2.05) is 37.3 Å². The van der Waals surface area contributed by atoms with Crippen molar-refractivity contribution in [3.05, 3.63) is 62.6 Å². The second kappa shape index (κ2) is 9.87. The number of halogens is 1. The van der Waals surface area contributed by atoms with Crippen LogP contribution in [0.4, 0.5) is 0 Å². The first-order valence-electron chi connectivity index (χ1n) is 11.5. The third kappa shape index (κ3) is 4.72. The van der Waals surface area contributed by atoms with Crippen LogP contribution in [0.1, 0.15) is 57.6 Å². The molecule has 0 unspecified atom stereocenters. The molecule has 35 heavy (non-hydrogen) atoms. The minimum absolute atomic E-state index is 0.0418. The van der Waals surface area contributed by atoms with E-state index in [2.05, 4.69) is 41.1 Å². The highest BCUT2D eigenvalue weighted by molar-refractivity contribution is 9.11. The van der Waals surface area contributed by atoms with Crippen LogP contribution in [-0.4, -0.2) is 44.4 Å². The van der Waals surface area contributed by atoms with Crippen molar-refractivity contribution in [1.29, 1.82) is 0 Å². The monoisotopic (exact) mass is 552 g/mol. The number of aromatic nitrogens is 4. The molecule has 4 heterocycles. The third-order valence-electron chi connectivity index (χ3n) is 6.34. The summed E-state index contributed by atoms with van der Waals surface area (Å²) >= 11 is 4.86. The number of pyridine rings is 2. The van der Waals surface area contributed by atoms with Crippen LogP contribution in [0.5, 0.6) is 0 Å². The van der Waals surface area contributed by atoms with E-state index in [1.165, 1.54) is 11.3 Å². The van der Waals surface area contributed by atoms with Crippen LogP contribution in [0, 0.1) is 6.92 Å². The van der Waals surface area contributed by atoms with Gasteiger partial charge >= 0.3 is 0 Å². The summed E-state index contributed by atoms with van der Waals surface area (Å²) in [7, 11) is 1.59. The molecule has 1 fully saturated rings. The van der Waals surface area contributed by atoms with Gasteiger partial charge in [-0.25, -0.2) is 9.97 Å². The van der Waals surface area contributed by atoms with E-state index in [9.17, 15) is 9.59 Å². The fraction of sp³-hybridized carbons (Fsp3) is 0.320. The Balaban J connectivity index is 1.53. The number of nitrogens with zero attached hydrogens (tertiary/aromatic N) is 4. The molecule has 2 amide bonds. The summed E-state index contributed by atoms with van der Waals surface area (Å²) in [6.07, 6.45) is 5.40. The van der Waals surface area contributed by atoms with Crippen LogP contribution in [-0.2, 0) is 0 Å². The van der Waals surface area contributed by atoms with E-state index in [1.54, 1.807) is 19.3 Å². The number of nitrogens with one attached hydrogen (secondary N) is 2. The first kappa shape index (κ1) is 23.6. The van der Waals surface area contributed by atoms with Gasteiger partial charge in [0, 0.05) is 25.3 Å². The Hall–Kier alpha value is -3.11. The van der Waals surface area contributed by atoms with Gasteiger partial charge in [0.2, 0.25) is 0 Å². The maximum atomic E-state index is 12.8. The molecule has 5 rings (SSSR count). The Kier molecular flexibility index (Phi) is 6.66. The molecule has 0 aliphatic heterocycles. The molecule has 2 atom stereocenters. The van der Waals surface area contributed by atoms with Gasteiger partial charge in [0.1, 0.15) is 11.4 Å². The number of aryl methyl sites for hydroxylation is 1. The minimum atomic E-state index is -0.246. The summed E-state index contributed by atoms with van der Waals surface area (Å²) in [6.45, 7) is 1.91. The number of carbonyl (C=O) groups is 2. The van der Waals surface area contributed by atoms with Crippen LogP contribution in [0.3, 0.4) is 0 Å². The predicted octanol–water partition coefficient (Wildman–Crippen LogP) is 4.90. The fourth-order valence-electron chi connectivity index (χ4n) is 4.80. The molecule has 0 radical (unpaired) electrons. The van der Waals surface area contributed by atoms with E-state index in [4.69, 9.17) is 4.98 Å². The molecule has 4 aromatic rings. The van der Waals surface area contributed by atoms with Crippen LogP contribution >= 0.6 is 27.3 Å². The van der Waals surface area contributed by atoms with E-state index >= 15 is 0 Å². The van der Waals surface area contributed by atoms with Crippen molar-refractivity contribution in [2.45, 2.75) is 44.7 Å². The Morgan fingerprint density at radius 2 is 2.00 bits per heavy atom. The maximum Gasteiger partial charge on any atom is 0.269 e. The van der Waals surface area contributed by atoms with Crippen LogP contribution in [0.25, 0.3) is 22.6 Å². The minimum Gasteiger partial charge on any atom is -0.354 e. The van der Waals surface area contributed by atoms with Crippen LogP contribution in [0.2, 0.25) is 0 Å². The lowest BCUT2D eigenvalue weighted by atomic mass is 9.90. The zero-order chi connectivity index (χ0) is 24.5. The van der Waals surface area contributed by atoms with Crippen molar-refractivity contribution < 1.29 is 9.59 Å². The average molecular weight is 553 g/mol. The number of thiophene rings is 1. The zero-order valence-electron chi connectivity index (χ0n) is 19.4. The summed E-state index contributed by atoms with van der Waals surface area (Å²) < 4.78 is 3.15. The van der Waals surface area contributed by atoms with Crippen molar-refractivity contribution in [3.8, 4) is 11.5 Å². The molecule has 180 valence electrons. The molecule has 2 N–H and O–H groups in total. The second-order valence-corrected chi connectivity index (χ2v) is 11.1. The molecule has 1 saturated carbocycles. The number of rotatable bonds is 5. The van der Waals surface area contributed by atoms with Gasteiger partial charge in [0.25, 0.3) is 11.8 Å². The molecule has 0 saturated heterocycles. The van der Waals surface area contributed by atoms with E-state index in [-0.39, 0.29) is 23.9 Å². The highest BCUT2D eigenvalue weighted by atomic mass is 79.9. The number of fused-ring (bicyclic) bond motifs is 1. The number of amides is 2. The standard InChI is InChI=1S/C25H25BrN6O2S/c1-14-22-18(13-19(29-14)24(33)27-2)31-23(17-8-3-4-11-28-17)32(22)16-7-5-6-15(12-16)30-25(34)20-9-10-21(26)35-20/h3-4,8-11,13,15-16H,5-7,12H2,1-2H3,(H,27,33)(H,30,34)/t15-,16+/m0/s1. The number of hydrogen-bond acceptors (Lipinski definition) is 6. The Labute approximate surface area is 215 Å². The van der Waals surface area contributed by atoms with Crippen molar-refractivity contribution in [2.24, 2.45) is 0 Å². The quantitative estimate of drug-likeness (QED) is 0.366. The summed E-state index contributed by atoms with van der Waals surface area (Å²) in [5.74, 6) is 0.461. The number of carbonyl (C=O) groups excluding carboxylic acids is 2. The third-order valence-corrected chi connectivity index (χ3v) is 7.96. The molecule has 0 aromatic carbocycles.